The molecule has 0 aliphatic rings. The topological polar surface area (TPSA) is 50.9 Å². The second kappa shape index (κ2) is 7.41. The van der Waals surface area contributed by atoms with Crippen LogP contribution in [-0.2, 0) is 12.8 Å². The number of nitrogen functional groups attached to an aromatic ring is 1. The Morgan fingerprint density at radius 3 is 3.00 bits per heavy atom. The maximum atomic E-state index is 5.72. The summed E-state index contributed by atoms with van der Waals surface area (Å²) < 4.78 is 0. The van der Waals surface area contributed by atoms with Crippen molar-refractivity contribution in [1.82, 2.24) is 10.3 Å². The van der Waals surface area contributed by atoms with Gasteiger partial charge in [0, 0.05) is 11.3 Å². The Labute approximate surface area is 102 Å². The van der Waals surface area contributed by atoms with E-state index in [0.717, 1.165) is 38.0 Å². The number of hydrogen-bond acceptors (Lipinski definition) is 4. The lowest BCUT2D eigenvalue weighted by Gasteiger charge is -2.02. The normalized spacial score (nSPS) is 10.6. The van der Waals surface area contributed by atoms with Crippen LogP contribution in [-0.4, -0.2) is 18.1 Å². The lowest BCUT2D eigenvalue weighted by Crippen LogP contribution is -2.16. The number of nitrogens with two attached hydrogens (primary N) is 1. The number of nitrogens with zero attached hydrogens (tertiary/aromatic N) is 1. The maximum Gasteiger partial charge on any atom is 0.180 e. The third kappa shape index (κ3) is 4.33. The van der Waals surface area contributed by atoms with Crippen molar-refractivity contribution >= 4 is 16.5 Å². The van der Waals surface area contributed by atoms with Crippen molar-refractivity contribution in [2.75, 3.05) is 18.8 Å². The first kappa shape index (κ1) is 13.2. The van der Waals surface area contributed by atoms with Gasteiger partial charge in [0.1, 0.15) is 0 Å². The van der Waals surface area contributed by atoms with Gasteiger partial charge in [-0.15, -0.1) is 17.9 Å². The highest BCUT2D eigenvalue weighted by molar-refractivity contribution is 7.15. The second-order valence-corrected chi connectivity index (χ2v) is 4.88. The Hall–Kier alpha value is -0.870. The van der Waals surface area contributed by atoms with Crippen LogP contribution in [0.2, 0.25) is 0 Å². The third-order valence-corrected chi connectivity index (χ3v) is 3.27. The summed E-state index contributed by atoms with van der Waals surface area (Å²) in [5.41, 5.74) is 6.87. The minimum Gasteiger partial charge on any atom is -0.375 e. The molecule has 1 heterocycles. The number of thiazole rings is 1. The van der Waals surface area contributed by atoms with Crippen LogP contribution in [0.5, 0.6) is 0 Å². The van der Waals surface area contributed by atoms with Crippen LogP contribution in [0.1, 0.15) is 30.3 Å². The zero-order valence-corrected chi connectivity index (χ0v) is 10.8. The molecule has 0 unspecified atom stereocenters. The number of rotatable bonds is 8. The first-order valence-corrected chi connectivity index (χ1v) is 6.65. The van der Waals surface area contributed by atoms with Crippen LogP contribution < -0.4 is 11.1 Å². The van der Waals surface area contributed by atoms with Gasteiger partial charge in [0.2, 0.25) is 0 Å². The molecule has 0 saturated heterocycles. The fourth-order valence-electron chi connectivity index (χ4n) is 1.57. The molecule has 0 bridgehead atoms. The highest BCUT2D eigenvalue weighted by Gasteiger charge is 2.07. The first-order valence-electron chi connectivity index (χ1n) is 5.83. The van der Waals surface area contributed by atoms with Crippen molar-refractivity contribution in [2.24, 2.45) is 0 Å². The van der Waals surface area contributed by atoms with Crippen LogP contribution in [0, 0.1) is 0 Å². The van der Waals surface area contributed by atoms with Gasteiger partial charge in [-0.3, -0.25) is 0 Å². The van der Waals surface area contributed by atoms with Crippen molar-refractivity contribution in [3.05, 3.63) is 23.2 Å². The average molecular weight is 239 g/mol. The molecule has 0 aliphatic heterocycles. The van der Waals surface area contributed by atoms with Crippen LogP contribution in [0.3, 0.4) is 0 Å². The molecule has 4 heteroatoms. The molecule has 0 fully saturated rings. The van der Waals surface area contributed by atoms with E-state index in [1.165, 1.54) is 11.3 Å². The SMILES string of the molecule is C=CCc1sc(N)nc1CCCNCCC. The fourth-order valence-corrected chi connectivity index (χ4v) is 2.45. The Morgan fingerprint density at radius 2 is 2.31 bits per heavy atom. The number of allylic oxidation sites excluding steroid dienone is 1. The Kier molecular flexibility index (Phi) is 6.11. The van der Waals surface area contributed by atoms with Crippen LogP contribution in [0.25, 0.3) is 0 Å². The molecule has 1 aromatic heterocycles. The highest BCUT2D eigenvalue weighted by atomic mass is 32.1. The van der Waals surface area contributed by atoms with Gasteiger partial charge in [0.15, 0.2) is 5.13 Å². The van der Waals surface area contributed by atoms with E-state index in [4.69, 9.17) is 5.73 Å². The lowest BCUT2D eigenvalue weighted by molar-refractivity contribution is 0.636. The summed E-state index contributed by atoms with van der Waals surface area (Å²) in [6, 6.07) is 0. The molecule has 0 spiro atoms. The summed E-state index contributed by atoms with van der Waals surface area (Å²) in [6.07, 6.45) is 6.10. The summed E-state index contributed by atoms with van der Waals surface area (Å²) in [5.74, 6) is 0. The van der Waals surface area contributed by atoms with Crippen LogP contribution >= 0.6 is 11.3 Å². The van der Waals surface area contributed by atoms with E-state index in [1.807, 2.05) is 6.08 Å². The largest absolute Gasteiger partial charge is 0.375 e. The molecule has 0 radical (unpaired) electrons. The molecule has 16 heavy (non-hydrogen) atoms. The quantitative estimate of drug-likeness (QED) is 0.541. The number of aryl methyl sites for hydroxylation is 1. The predicted molar refractivity (Wildman–Crippen MR) is 71.9 cm³/mol. The fraction of sp³-hybridized carbons (Fsp3) is 0.583. The van der Waals surface area contributed by atoms with Crippen molar-refractivity contribution < 1.29 is 0 Å². The Bertz CT molecular complexity index is 320. The van der Waals surface area contributed by atoms with Gasteiger partial charge in [0.05, 0.1) is 5.69 Å². The molecule has 3 N–H and O–H groups in total. The molecule has 3 nitrogen and oxygen atoms in total. The number of anilines is 1. The van der Waals surface area contributed by atoms with E-state index in [1.54, 1.807) is 11.3 Å². The molecule has 1 aromatic rings. The van der Waals surface area contributed by atoms with Gasteiger partial charge < -0.3 is 11.1 Å². The maximum absolute atomic E-state index is 5.72. The van der Waals surface area contributed by atoms with E-state index in [2.05, 4.69) is 23.8 Å². The first-order chi connectivity index (χ1) is 7.77. The Morgan fingerprint density at radius 1 is 1.50 bits per heavy atom. The molecular weight excluding hydrogens is 218 g/mol. The van der Waals surface area contributed by atoms with E-state index in [-0.39, 0.29) is 0 Å². The number of hydrogen-bond donors (Lipinski definition) is 2. The Balaban J connectivity index is 2.37. The van der Waals surface area contributed by atoms with Crippen LogP contribution in [0.4, 0.5) is 5.13 Å². The average Bonchev–Trinajstić information content (AvgIpc) is 2.59. The minimum absolute atomic E-state index is 0.674. The van der Waals surface area contributed by atoms with E-state index in [0.29, 0.717) is 5.13 Å². The zero-order valence-electron chi connectivity index (χ0n) is 9.96. The summed E-state index contributed by atoms with van der Waals surface area (Å²) in [7, 11) is 0. The summed E-state index contributed by atoms with van der Waals surface area (Å²) in [5, 5.41) is 4.06. The van der Waals surface area contributed by atoms with Gasteiger partial charge in [-0.05, 0) is 32.4 Å². The lowest BCUT2D eigenvalue weighted by atomic mass is 10.2. The van der Waals surface area contributed by atoms with Crippen LogP contribution in [0.15, 0.2) is 12.7 Å². The smallest absolute Gasteiger partial charge is 0.180 e. The molecule has 0 aliphatic carbocycles. The van der Waals surface area contributed by atoms with Crippen molar-refractivity contribution in [3.8, 4) is 0 Å². The molecule has 1 rings (SSSR count). The molecule has 0 atom stereocenters. The van der Waals surface area contributed by atoms with Crippen molar-refractivity contribution in [2.45, 2.75) is 32.6 Å². The molecule has 0 amide bonds. The number of nitrogens with one attached hydrogen (secondary N) is 1. The molecule has 90 valence electrons. The van der Waals surface area contributed by atoms with Gasteiger partial charge in [-0.2, -0.15) is 0 Å². The molecule has 0 saturated carbocycles. The van der Waals surface area contributed by atoms with Crippen molar-refractivity contribution in [3.63, 3.8) is 0 Å². The van der Waals surface area contributed by atoms with E-state index < -0.39 is 0 Å². The predicted octanol–water partition coefficient (Wildman–Crippen LogP) is 2.39. The van der Waals surface area contributed by atoms with Gasteiger partial charge in [0.25, 0.3) is 0 Å². The molecular formula is C12H21N3S. The summed E-state index contributed by atoms with van der Waals surface area (Å²) in [6.45, 7) is 8.08. The van der Waals surface area contributed by atoms with Crippen molar-refractivity contribution in [1.29, 1.82) is 0 Å². The summed E-state index contributed by atoms with van der Waals surface area (Å²) >= 11 is 1.58. The molecule has 0 aromatic carbocycles. The standard InChI is InChI=1S/C12H21N3S/c1-3-6-11-10(15-12(13)16-11)7-5-9-14-8-4-2/h3,14H,1,4-9H2,2H3,(H2,13,15). The van der Waals surface area contributed by atoms with Gasteiger partial charge in [-0.25, -0.2) is 4.98 Å². The second-order valence-electron chi connectivity index (χ2n) is 3.77. The van der Waals surface area contributed by atoms with E-state index in [9.17, 15) is 0 Å². The number of aromatic nitrogens is 1. The summed E-state index contributed by atoms with van der Waals surface area (Å²) in [4.78, 5) is 5.63. The zero-order chi connectivity index (χ0) is 11.8. The third-order valence-electron chi connectivity index (χ3n) is 2.32. The van der Waals surface area contributed by atoms with Gasteiger partial charge >= 0.3 is 0 Å². The highest BCUT2D eigenvalue weighted by Crippen LogP contribution is 2.22. The minimum atomic E-state index is 0.674. The van der Waals surface area contributed by atoms with Gasteiger partial charge in [-0.1, -0.05) is 13.0 Å². The monoisotopic (exact) mass is 239 g/mol. The van der Waals surface area contributed by atoms with E-state index >= 15 is 0 Å².